The summed E-state index contributed by atoms with van der Waals surface area (Å²) in [4.78, 5) is 0. The lowest BCUT2D eigenvalue weighted by Gasteiger charge is -2.20. The minimum Gasteiger partial charge on any atom is -0.496 e. The Balaban J connectivity index is 2.47. The third-order valence-corrected chi connectivity index (χ3v) is 3.52. The van der Waals surface area contributed by atoms with Crippen LogP contribution in [0.25, 0.3) is 0 Å². The number of benzene rings is 2. The highest BCUT2D eigenvalue weighted by Crippen LogP contribution is 2.31. The van der Waals surface area contributed by atoms with Gasteiger partial charge < -0.3 is 10.1 Å². The molecule has 0 aliphatic heterocycles. The van der Waals surface area contributed by atoms with Crippen molar-refractivity contribution < 1.29 is 9.13 Å². The zero-order valence-electron chi connectivity index (χ0n) is 10.8. The molecule has 0 saturated heterocycles. The van der Waals surface area contributed by atoms with Gasteiger partial charge in [0.1, 0.15) is 11.6 Å². The highest BCUT2D eigenvalue weighted by Gasteiger charge is 2.17. The Hall–Kier alpha value is -1.39. The number of hydrogen-bond donors (Lipinski definition) is 1. The maximum absolute atomic E-state index is 13.5. The SMILES string of the molecule is CNC(c1ccc(Br)cc1)c1cc(F)ccc1OC. The van der Waals surface area contributed by atoms with Crippen LogP contribution in [-0.2, 0) is 0 Å². The van der Waals surface area contributed by atoms with Gasteiger partial charge in [-0.05, 0) is 42.9 Å². The van der Waals surface area contributed by atoms with Crippen molar-refractivity contribution >= 4 is 15.9 Å². The van der Waals surface area contributed by atoms with E-state index in [9.17, 15) is 4.39 Å². The summed E-state index contributed by atoms with van der Waals surface area (Å²) in [5.74, 6) is 0.400. The zero-order valence-corrected chi connectivity index (χ0v) is 12.4. The third-order valence-electron chi connectivity index (χ3n) is 2.99. The van der Waals surface area contributed by atoms with Crippen LogP contribution in [0.3, 0.4) is 0 Å². The molecular weight excluding hydrogens is 309 g/mol. The summed E-state index contributed by atoms with van der Waals surface area (Å²) in [5, 5.41) is 3.19. The van der Waals surface area contributed by atoms with Crippen LogP contribution in [0.5, 0.6) is 5.75 Å². The van der Waals surface area contributed by atoms with E-state index in [0.29, 0.717) is 5.75 Å². The molecule has 0 heterocycles. The Morgan fingerprint density at radius 2 is 1.84 bits per heavy atom. The molecule has 1 atom stereocenters. The van der Waals surface area contributed by atoms with E-state index in [-0.39, 0.29) is 11.9 Å². The quantitative estimate of drug-likeness (QED) is 0.921. The maximum atomic E-state index is 13.5. The Morgan fingerprint density at radius 3 is 2.42 bits per heavy atom. The molecule has 0 spiro atoms. The molecule has 0 amide bonds. The number of ether oxygens (including phenoxy) is 1. The second-order valence-corrected chi connectivity index (χ2v) is 5.08. The fourth-order valence-corrected chi connectivity index (χ4v) is 2.35. The van der Waals surface area contributed by atoms with E-state index in [1.807, 2.05) is 31.3 Å². The lowest BCUT2D eigenvalue weighted by molar-refractivity contribution is 0.404. The lowest BCUT2D eigenvalue weighted by atomic mass is 9.98. The average Bonchev–Trinajstić information content (AvgIpc) is 2.42. The molecule has 1 N–H and O–H groups in total. The van der Waals surface area contributed by atoms with Crippen LogP contribution in [0.15, 0.2) is 46.9 Å². The molecule has 0 aliphatic carbocycles. The Morgan fingerprint density at radius 1 is 1.16 bits per heavy atom. The monoisotopic (exact) mass is 323 g/mol. The first kappa shape index (κ1) is 14.0. The molecule has 2 nitrogen and oxygen atoms in total. The Kier molecular flexibility index (Phi) is 4.56. The normalized spacial score (nSPS) is 12.2. The number of halogens is 2. The topological polar surface area (TPSA) is 21.3 Å². The van der Waals surface area contributed by atoms with Gasteiger partial charge in [-0.3, -0.25) is 0 Å². The second-order valence-electron chi connectivity index (χ2n) is 4.16. The zero-order chi connectivity index (χ0) is 13.8. The van der Waals surface area contributed by atoms with Crippen LogP contribution in [0.1, 0.15) is 17.2 Å². The molecule has 0 fully saturated rings. The molecule has 2 aromatic rings. The third kappa shape index (κ3) is 3.14. The van der Waals surface area contributed by atoms with Crippen molar-refractivity contribution in [1.82, 2.24) is 5.32 Å². The lowest BCUT2D eigenvalue weighted by Crippen LogP contribution is -2.18. The summed E-state index contributed by atoms with van der Waals surface area (Å²) in [6.45, 7) is 0. The predicted octanol–water partition coefficient (Wildman–Crippen LogP) is 3.91. The van der Waals surface area contributed by atoms with Gasteiger partial charge >= 0.3 is 0 Å². The van der Waals surface area contributed by atoms with Gasteiger partial charge in [0.15, 0.2) is 0 Å². The van der Waals surface area contributed by atoms with Gasteiger partial charge in [0.2, 0.25) is 0 Å². The minimum absolute atomic E-state index is 0.112. The van der Waals surface area contributed by atoms with Crippen molar-refractivity contribution in [2.45, 2.75) is 6.04 Å². The molecule has 0 radical (unpaired) electrons. The van der Waals surface area contributed by atoms with Crippen molar-refractivity contribution in [2.75, 3.05) is 14.2 Å². The van der Waals surface area contributed by atoms with Gasteiger partial charge in [-0.25, -0.2) is 4.39 Å². The van der Waals surface area contributed by atoms with Gasteiger partial charge in [-0.1, -0.05) is 28.1 Å². The molecule has 1 unspecified atom stereocenters. The van der Waals surface area contributed by atoms with Crippen LogP contribution >= 0.6 is 15.9 Å². The van der Waals surface area contributed by atoms with E-state index in [1.54, 1.807) is 13.2 Å². The van der Waals surface area contributed by atoms with Crippen molar-refractivity contribution in [3.63, 3.8) is 0 Å². The van der Waals surface area contributed by atoms with Gasteiger partial charge in [-0.15, -0.1) is 0 Å². The molecule has 19 heavy (non-hydrogen) atoms. The molecule has 100 valence electrons. The average molecular weight is 324 g/mol. The van der Waals surface area contributed by atoms with E-state index < -0.39 is 0 Å². The first-order chi connectivity index (χ1) is 9.15. The Bertz CT molecular complexity index is 557. The van der Waals surface area contributed by atoms with Gasteiger partial charge in [0.25, 0.3) is 0 Å². The molecule has 2 aromatic carbocycles. The van der Waals surface area contributed by atoms with Crippen LogP contribution in [0.2, 0.25) is 0 Å². The van der Waals surface area contributed by atoms with Crippen molar-refractivity contribution in [1.29, 1.82) is 0 Å². The van der Waals surface area contributed by atoms with Gasteiger partial charge in [0, 0.05) is 10.0 Å². The number of hydrogen-bond acceptors (Lipinski definition) is 2. The van der Waals surface area contributed by atoms with E-state index in [2.05, 4.69) is 21.2 Å². The molecule has 0 aliphatic rings. The highest BCUT2D eigenvalue weighted by molar-refractivity contribution is 9.10. The van der Waals surface area contributed by atoms with Crippen molar-refractivity contribution in [3.8, 4) is 5.75 Å². The van der Waals surface area contributed by atoms with Gasteiger partial charge in [0.05, 0.1) is 13.2 Å². The first-order valence-corrected chi connectivity index (χ1v) is 6.71. The summed E-state index contributed by atoms with van der Waals surface area (Å²) in [6, 6.07) is 12.4. The molecule has 0 aromatic heterocycles. The van der Waals surface area contributed by atoms with E-state index in [1.165, 1.54) is 12.1 Å². The molecule has 0 saturated carbocycles. The van der Waals surface area contributed by atoms with E-state index in [4.69, 9.17) is 4.74 Å². The fraction of sp³-hybridized carbons (Fsp3) is 0.200. The van der Waals surface area contributed by atoms with Crippen molar-refractivity contribution in [2.24, 2.45) is 0 Å². The van der Waals surface area contributed by atoms with E-state index >= 15 is 0 Å². The summed E-state index contributed by atoms with van der Waals surface area (Å²) in [5.41, 5.74) is 1.84. The van der Waals surface area contributed by atoms with Crippen LogP contribution < -0.4 is 10.1 Å². The Labute approximate surface area is 120 Å². The fourth-order valence-electron chi connectivity index (χ4n) is 2.09. The van der Waals surface area contributed by atoms with Crippen LogP contribution in [0.4, 0.5) is 4.39 Å². The van der Waals surface area contributed by atoms with Crippen molar-refractivity contribution in [3.05, 3.63) is 63.9 Å². The second kappa shape index (κ2) is 6.17. The smallest absolute Gasteiger partial charge is 0.124 e. The largest absolute Gasteiger partial charge is 0.496 e. The molecule has 0 bridgehead atoms. The summed E-state index contributed by atoms with van der Waals surface area (Å²) in [6.07, 6.45) is 0. The number of rotatable bonds is 4. The summed E-state index contributed by atoms with van der Waals surface area (Å²) >= 11 is 3.41. The van der Waals surface area contributed by atoms with Crippen LogP contribution in [-0.4, -0.2) is 14.2 Å². The summed E-state index contributed by atoms with van der Waals surface area (Å²) in [7, 11) is 3.43. The number of nitrogens with one attached hydrogen (secondary N) is 1. The predicted molar refractivity (Wildman–Crippen MR) is 78.0 cm³/mol. The van der Waals surface area contributed by atoms with E-state index in [0.717, 1.165) is 15.6 Å². The number of methoxy groups -OCH3 is 1. The van der Waals surface area contributed by atoms with Gasteiger partial charge in [-0.2, -0.15) is 0 Å². The van der Waals surface area contributed by atoms with Crippen LogP contribution in [0, 0.1) is 5.82 Å². The first-order valence-electron chi connectivity index (χ1n) is 5.92. The molecular formula is C15H15BrFNO. The summed E-state index contributed by atoms with van der Waals surface area (Å²) < 4.78 is 19.8. The maximum Gasteiger partial charge on any atom is 0.124 e. The standard InChI is InChI=1S/C15H15BrFNO/c1-18-15(10-3-5-11(16)6-4-10)13-9-12(17)7-8-14(13)19-2/h3-9,15,18H,1-2H3. The highest BCUT2D eigenvalue weighted by atomic mass is 79.9. The minimum atomic E-state index is -0.270. The molecule has 2 rings (SSSR count). The molecule has 4 heteroatoms.